The molecule has 2 aliphatic rings. The summed E-state index contributed by atoms with van der Waals surface area (Å²) in [7, 11) is 0. The van der Waals surface area contributed by atoms with Crippen molar-refractivity contribution in [3.05, 3.63) is 83.0 Å². The van der Waals surface area contributed by atoms with E-state index in [1.807, 2.05) is 37.3 Å². The van der Waals surface area contributed by atoms with Gasteiger partial charge in [-0.2, -0.15) is 0 Å². The molecule has 0 unspecified atom stereocenters. The third-order valence-electron chi connectivity index (χ3n) is 6.58. The number of hydrogen-bond acceptors (Lipinski definition) is 5. The summed E-state index contributed by atoms with van der Waals surface area (Å²) in [5.41, 5.74) is 4.02. The summed E-state index contributed by atoms with van der Waals surface area (Å²) in [6.45, 7) is 4.09. The van der Waals surface area contributed by atoms with E-state index in [9.17, 15) is 19.8 Å². The molecule has 2 N–H and O–H groups in total. The molecule has 2 heterocycles. The fourth-order valence-electron chi connectivity index (χ4n) is 4.70. The number of ether oxygens (including phenoxy) is 2. The van der Waals surface area contributed by atoms with Crippen molar-refractivity contribution in [3.8, 4) is 0 Å². The second kappa shape index (κ2) is 13.4. The predicted molar refractivity (Wildman–Crippen MR) is 139 cm³/mol. The lowest BCUT2D eigenvalue weighted by atomic mass is 9.91. The molecule has 3 rings (SSSR count). The van der Waals surface area contributed by atoms with Crippen LogP contribution < -0.4 is 0 Å². The van der Waals surface area contributed by atoms with Crippen LogP contribution in [0.15, 0.2) is 77.4 Å². The van der Waals surface area contributed by atoms with Crippen molar-refractivity contribution in [1.29, 1.82) is 0 Å². The molecule has 1 fully saturated rings. The Bertz CT molecular complexity index is 1020. The van der Waals surface area contributed by atoms with Crippen molar-refractivity contribution < 1.29 is 29.3 Å². The van der Waals surface area contributed by atoms with Crippen LogP contribution in [0.5, 0.6) is 0 Å². The number of aliphatic hydroxyl groups is 1. The molecule has 0 aromatic heterocycles. The second-order valence-corrected chi connectivity index (χ2v) is 9.96. The van der Waals surface area contributed by atoms with Gasteiger partial charge >= 0.3 is 11.9 Å². The highest BCUT2D eigenvalue weighted by Crippen LogP contribution is 2.35. The normalized spacial score (nSPS) is 29.6. The summed E-state index contributed by atoms with van der Waals surface area (Å²) in [5, 5.41) is 20.6. The molecule has 3 atom stereocenters. The van der Waals surface area contributed by atoms with Gasteiger partial charge in [-0.3, -0.25) is 4.79 Å². The zero-order valence-corrected chi connectivity index (χ0v) is 21.3. The van der Waals surface area contributed by atoms with Gasteiger partial charge in [0.2, 0.25) is 0 Å². The van der Waals surface area contributed by atoms with E-state index in [4.69, 9.17) is 9.47 Å². The molecule has 6 nitrogen and oxygen atoms in total. The van der Waals surface area contributed by atoms with Crippen molar-refractivity contribution in [1.82, 2.24) is 0 Å². The second-order valence-electron chi connectivity index (χ2n) is 9.96. The van der Waals surface area contributed by atoms with Gasteiger partial charge in [0.05, 0.1) is 12.5 Å². The molecule has 36 heavy (non-hydrogen) atoms. The van der Waals surface area contributed by atoms with Crippen molar-refractivity contribution >= 4 is 11.9 Å². The predicted octanol–water partition coefficient (Wildman–Crippen LogP) is 5.82. The number of allylic oxidation sites excluding steroid dienone is 5. The van der Waals surface area contributed by atoms with Gasteiger partial charge < -0.3 is 19.7 Å². The van der Waals surface area contributed by atoms with Crippen LogP contribution in [0.3, 0.4) is 0 Å². The third-order valence-corrected chi connectivity index (χ3v) is 6.58. The van der Waals surface area contributed by atoms with E-state index in [2.05, 4.69) is 31.2 Å². The smallest absolute Gasteiger partial charge is 0.331 e. The highest BCUT2D eigenvalue weighted by Gasteiger charge is 2.41. The Morgan fingerprint density at radius 2 is 1.97 bits per heavy atom. The Morgan fingerprint density at radius 1 is 1.19 bits per heavy atom. The monoisotopic (exact) mass is 494 g/mol. The van der Waals surface area contributed by atoms with Gasteiger partial charge in [0.1, 0.15) is 6.10 Å². The van der Waals surface area contributed by atoms with Gasteiger partial charge in [0, 0.05) is 25.3 Å². The van der Waals surface area contributed by atoms with E-state index >= 15 is 0 Å². The summed E-state index contributed by atoms with van der Waals surface area (Å²) in [5.74, 6) is -2.97. The van der Waals surface area contributed by atoms with E-state index in [1.165, 1.54) is 11.6 Å². The lowest BCUT2D eigenvalue weighted by molar-refractivity contribution is -0.275. The van der Waals surface area contributed by atoms with Crippen LogP contribution in [0.25, 0.3) is 0 Å². The fraction of sp³-hybridized carbons (Fsp3) is 0.467. The SMILES string of the molecule is C/C1=C/C/C=C/C/C(CC(=O)O)=C/C(=O)O[C@@H]2C[C@@H](C1)O[C@@](O)(CC/C(C)=C/Cc1ccccc1)C2. The topological polar surface area (TPSA) is 93.1 Å². The van der Waals surface area contributed by atoms with Crippen LogP contribution >= 0.6 is 0 Å². The first kappa shape index (κ1) is 27.6. The summed E-state index contributed by atoms with van der Waals surface area (Å²) in [6, 6.07) is 10.2. The van der Waals surface area contributed by atoms with Crippen molar-refractivity contribution in [3.63, 3.8) is 0 Å². The van der Waals surface area contributed by atoms with Crippen LogP contribution in [0.1, 0.15) is 70.8 Å². The molecule has 0 amide bonds. The van der Waals surface area contributed by atoms with Crippen molar-refractivity contribution in [2.75, 3.05) is 0 Å². The van der Waals surface area contributed by atoms with Gasteiger partial charge in [0.25, 0.3) is 0 Å². The number of carboxylic acids is 1. The maximum Gasteiger partial charge on any atom is 0.331 e. The fourth-order valence-corrected chi connectivity index (χ4v) is 4.70. The Hall–Kier alpha value is -2.96. The first-order valence-corrected chi connectivity index (χ1v) is 12.7. The molecule has 0 spiro atoms. The minimum Gasteiger partial charge on any atom is -0.481 e. The number of carboxylic acid groups (broad SMARTS) is 1. The van der Waals surface area contributed by atoms with Crippen LogP contribution in [0.2, 0.25) is 0 Å². The number of aliphatic carboxylic acids is 1. The zero-order chi connectivity index (χ0) is 26.0. The summed E-state index contributed by atoms with van der Waals surface area (Å²) in [6.07, 6.45) is 12.7. The summed E-state index contributed by atoms with van der Waals surface area (Å²) in [4.78, 5) is 23.9. The van der Waals surface area contributed by atoms with E-state index < -0.39 is 23.8 Å². The molecule has 6 heteroatoms. The largest absolute Gasteiger partial charge is 0.481 e. The standard InChI is InChI=1S/C30H38O6/c1-22(13-14-24-10-6-4-7-11-24)15-16-30(34)21-27-20-26(36-30)17-23(2)9-5-3-8-12-25(18-28(31)32)19-29(33)35-27/h3-4,6-11,13,19,26-27,34H,5,12,14-18,20-21H2,1-2H3,(H,31,32)/b8-3+,22-13+,23-9-,25-19-/t26-,27-,30+/m1/s1. The van der Waals surface area contributed by atoms with Gasteiger partial charge in [0.15, 0.2) is 5.79 Å². The summed E-state index contributed by atoms with van der Waals surface area (Å²) >= 11 is 0. The van der Waals surface area contributed by atoms with Crippen molar-refractivity contribution in [2.45, 2.75) is 89.6 Å². The molecular formula is C30H38O6. The number of esters is 1. The Labute approximate surface area is 214 Å². The molecule has 0 radical (unpaired) electrons. The van der Waals surface area contributed by atoms with Crippen molar-refractivity contribution in [2.24, 2.45) is 0 Å². The highest BCUT2D eigenvalue weighted by atomic mass is 16.6. The number of carbonyl (C=O) groups excluding carboxylic acids is 1. The lowest BCUT2D eigenvalue weighted by Gasteiger charge is -2.41. The zero-order valence-electron chi connectivity index (χ0n) is 21.3. The number of fused-ring (bicyclic) bond motifs is 2. The molecule has 1 saturated heterocycles. The van der Waals surface area contributed by atoms with Gasteiger partial charge in [-0.15, -0.1) is 0 Å². The minimum atomic E-state index is -1.40. The molecule has 1 aromatic carbocycles. The molecule has 194 valence electrons. The molecule has 2 bridgehead atoms. The third kappa shape index (κ3) is 9.59. The number of carbonyl (C=O) groups is 2. The first-order valence-electron chi connectivity index (χ1n) is 12.7. The number of benzene rings is 1. The van der Waals surface area contributed by atoms with Crippen LogP contribution in [0, 0.1) is 0 Å². The van der Waals surface area contributed by atoms with Gasteiger partial charge in [-0.05, 0) is 57.1 Å². The quantitative estimate of drug-likeness (QED) is 0.366. The molecule has 0 aliphatic carbocycles. The Morgan fingerprint density at radius 3 is 2.72 bits per heavy atom. The Kier molecular flexibility index (Phi) is 10.3. The van der Waals surface area contributed by atoms with Crippen LogP contribution in [0.4, 0.5) is 0 Å². The highest BCUT2D eigenvalue weighted by molar-refractivity contribution is 5.84. The molecule has 0 saturated carbocycles. The lowest BCUT2D eigenvalue weighted by Crippen LogP contribution is -2.47. The molecule has 1 aromatic rings. The van der Waals surface area contributed by atoms with Crippen LogP contribution in [-0.2, 0) is 25.5 Å². The maximum atomic E-state index is 12.6. The summed E-state index contributed by atoms with van der Waals surface area (Å²) < 4.78 is 11.9. The first-order chi connectivity index (χ1) is 17.2. The average Bonchev–Trinajstić information content (AvgIpc) is 2.80. The van der Waals surface area contributed by atoms with Gasteiger partial charge in [-0.25, -0.2) is 4.79 Å². The minimum absolute atomic E-state index is 0.186. The Balaban J connectivity index is 1.72. The number of hydrogen-bond donors (Lipinski definition) is 2. The van der Waals surface area contributed by atoms with Gasteiger partial charge in [-0.1, -0.05) is 65.8 Å². The maximum absolute atomic E-state index is 12.6. The van der Waals surface area contributed by atoms with E-state index in [0.29, 0.717) is 44.1 Å². The van der Waals surface area contributed by atoms with E-state index in [-0.39, 0.29) is 18.9 Å². The van der Waals surface area contributed by atoms with Crippen LogP contribution in [-0.4, -0.2) is 40.1 Å². The van der Waals surface area contributed by atoms with E-state index in [0.717, 1.165) is 17.6 Å². The number of rotatable bonds is 7. The average molecular weight is 495 g/mol. The molecular weight excluding hydrogens is 456 g/mol. The molecule has 2 aliphatic heterocycles. The van der Waals surface area contributed by atoms with E-state index in [1.54, 1.807) is 0 Å².